The number of carbonyl (C=O) groups is 2. The number of urea groups is 1. The quantitative estimate of drug-likeness (QED) is 0.266. The van der Waals surface area contributed by atoms with Gasteiger partial charge >= 0.3 is 16.4 Å². The van der Waals surface area contributed by atoms with Crippen molar-refractivity contribution < 1.29 is 31.9 Å². The maximum Gasteiger partial charge on any atom is 0.418 e. The zero-order valence-electron chi connectivity index (χ0n) is 10.7. The number of aliphatic hydroxyl groups is 1. The van der Waals surface area contributed by atoms with Crippen molar-refractivity contribution in [2.75, 3.05) is 13.2 Å². The standard InChI is InChI=1S/C9H14N4O7S/c10-8(11-7(15)4-14)6-2-1-5-3-12(6)9(16)13(5)20-21(17,18)19/h5-6,14H,1-4H2,(H2,10,11,15)(H,17,18,19). The van der Waals surface area contributed by atoms with Crippen molar-refractivity contribution >= 4 is 28.2 Å². The predicted octanol–water partition coefficient (Wildman–Crippen LogP) is -1.92. The molecule has 2 unspecified atom stereocenters. The third-order valence-electron chi connectivity index (χ3n) is 3.25. The van der Waals surface area contributed by atoms with E-state index in [1.165, 1.54) is 4.90 Å². The average Bonchev–Trinajstić information content (AvgIpc) is 2.62. The van der Waals surface area contributed by atoms with Crippen LogP contribution >= 0.6 is 0 Å². The monoisotopic (exact) mass is 322 g/mol. The normalized spacial score (nSPS) is 25.1. The van der Waals surface area contributed by atoms with Crippen LogP contribution in [0.3, 0.4) is 0 Å². The Kier molecular flexibility index (Phi) is 4.13. The first-order chi connectivity index (χ1) is 9.73. The molecular weight excluding hydrogens is 308 g/mol. The van der Waals surface area contributed by atoms with Gasteiger partial charge < -0.3 is 15.3 Å². The van der Waals surface area contributed by atoms with E-state index in [1.807, 2.05) is 0 Å². The predicted molar refractivity (Wildman–Crippen MR) is 66.3 cm³/mol. The van der Waals surface area contributed by atoms with Crippen molar-refractivity contribution in [2.45, 2.75) is 24.9 Å². The summed E-state index contributed by atoms with van der Waals surface area (Å²) in [6.07, 6.45) is 0.645. The van der Waals surface area contributed by atoms with Crippen LogP contribution in [0.25, 0.3) is 0 Å². The van der Waals surface area contributed by atoms with Crippen LogP contribution in [0.5, 0.6) is 0 Å². The fraction of sp³-hybridized carbons (Fsp3) is 0.667. The Labute approximate surface area is 119 Å². The van der Waals surface area contributed by atoms with Crippen LogP contribution in [-0.4, -0.2) is 71.0 Å². The van der Waals surface area contributed by atoms with E-state index in [0.29, 0.717) is 17.9 Å². The van der Waals surface area contributed by atoms with Gasteiger partial charge in [-0.25, -0.2) is 4.79 Å². The fourth-order valence-corrected chi connectivity index (χ4v) is 2.79. The van der Waals surface area contributed by atoms with Gasteiger partial charge in [0, 0.05) is 6.54 Å². The lowest BCUT2D eigenvalue weighted by atomic mass is 10.00. The molecule has 12 heteroatoms. The largest absolute Gasteiger partial charge is 0.418 e. The lowest BCUT2D eigenvalue weighted by Gasteiger charge is -2.30. The lowest BCUT2D eigenvalue weighted by Crippen LogP contribution is -2.51. The summed E-state index contributed by atoms with van der Waals surface area (Å²) in [5, 5.41) is 19.1. The summed E-state index contributed by atoms with van der Waals surface area (Å²) in [7, 11) is -4.82. The van der Waals surface area contributed by atoms with Crippen LogP contribution < -0.4 is 5.32 Å². The number of hydrogen-bond donors (Lipinski definition) is 4. The molecule has 0 aromatic rings. The van der Waals surface area contributed by atoms with E-state index in [0.717, 1.165) is 0 Å². The summed E-state index contributed by atoms with van der Waals surface area (Å²) >= 11 is 0. The van der Waals surface area contributed by atoms with Crippen LogP contribution in [0.1, 0.15) is 12.8 Å². The van der Waals surface area contributed by atoms with Crippen LogP contribution in [0.4, 0.5) is 4.79 Å². The van der Waals surface area contributed by atoms with Crippen LogP contribution in [0.2, 0.25) is 0 Å². The number of hydrogen-bond acceptors (Lipinski definition) is 7. The third kappa shape index (κ3) is 3.29. The number of hydroxylamine groups is 2. The van der Waals surface area contributed by atoms with Crippen molar-refractivity contribution in [3.63, 3.8) is 0 Å². The number of piperidine rings is 1. The molecule has 4 N–H and O–H groups in total. The molecule has 0 aromatic carbocycles. The minimum absolute atomic E-state index is 0.108. The highest BCUT2D eigenvalue weighted by Gasteiger charge is 2.48. The Morgan fingerprint density at radius 2 is 2.14 bits per heavy atom. The SMILES string of the molecule is N=C(NC(=O)CO)C1CCC2CN1C(=O)N2OS(=O)(=O)O. The van der Waals surface area contributed by atoms with Gasteiger partial charge in [0.15, 0.2) is 0 Å². The first-order valence-electron chi connectivity index (χ1n) is 5.99. The summed E-state index contributed by atoms with van der Waals surface area (Å²) < 4.78 is 34.3. The number of fused-ring (bicyclic) bond motifs is 2. The molecule has 11 nitrogen and oxygen atoms in total. The summed E-state index contributed by atoms with van der Waals surface area (Å²) in [4.78, 5) is 24.2. The van der Waals surface area contributed by atoms with Gasteiger partial charge in [0.05, 0.1) is 12.1 Å². The second-order valence-corrected chi connectivity index (χ2v) is 5.63. The first-order valence-corrected chi connectivity index (χ1v) is 7.35. The summed E-state index contributed by atoms with van der Waals surface area (Å²) in [5.41, 5.74) is 0. The highest BCUT2D eigenvalue weighted by atomic mass is 32.3. The maximum absolute atomic E-state index is 12.0. The van der Waals surface area contributed by atoms with Crippen molar-refractivity contribution in [1.82, 2.24) is 15.3 Å². The molecule has 0 aliphatic carbocycles. The molecule has 2 fully saturated rings. The van der Waals surface area contributed by atoms with Crippen LogP contribution in [0, 0.1) is 5.41 Å². The zero-order chi connectivity index (χ0) is 15.8. The summed E-state index contributed by atoms with van der Waals surface area (Å²) in [6.45, 7) is -0.680. The lowest BCUT2D eigenvalue weighted by molar-refractivity contribution is -0.122. The maximum atomic E-state index is 12.0. The van der Waals surface area contributed by atoms with Crippen LogP contribution in [-0.2, 0) is 19.5 Å². The Bertz CT molecular complexity index is 577. The number of aliphatic hydroxyl groups excluding tert-OH is 1. The highest BCUT2D eigenvalue weighted by Crippen LogP contribution is 2.30. The van der Waals surface area contributed by atoms with E-state index in [9.17, 15) is 18.0 Å². The molecule has 0 saturated carbocycles. The van der Waals surface area contributed by atoms with E-state index in [1.54, 1.807) is 0 Å². The number of amidine groups is 1. The Morgan fingerprint density at radius 1 is 1.48 bits per heavy atom. The van der Waals surface area contributed by atoms with E-state index in [-0.39, 0.29) is 12.4 Å². The zero-order valence-corrected chi connectivity index (χ0v) is 11.5. The number of carbonyl (C=O) groups excluding carboxylic acids is 2. The Balaban J connectivity index is 2.10. The molecule has 2 saturated heterocycles. The van der Waals surface area contributed by atoms with Crippen LogP contribution in [0.15, 0.2) is 0 Å². The topological polar surface area (TPSA) is 160 Å². The van der Waals surface area contributed by atoms with E-state index >= 15 is 0 Å². The molecule has 118 valence electrons. The minimum atomic E-state index is -4.82. The van der Waals surface area contributed by atoms with Crippen molar-refractivity contribution in [1.29, 1.82) is 5.41 Å². The van der Waals surface area contributed by atoms with Gasteiger partial charge in [-0.1, -0.05) is 0 Å². The fourth-order valence-electron chi connectivity index (χ4n) is 2.40. The molecule has 0 spiro atoms. The number of rotatable bonds is 4. The molecule has 2 atom stereocenters. The number of amides is 3. The molecule has 3 amide bonds. The minimum Gasteiger partial charge on any atom is -0.387 e. The smallest absolute Gasteiger partial charge is 0.387 e. The molecule has 2 bridgehead atoms. The Morgan fingerprint density at radius 3 is 2.71 bits per heavy atom. The first kappa shape index (κ1) is 15.6. The summed E-state index contributed by atoms with van der Waals surface area (Å²) in [5.74, 6) is -1.05. The second-order valence-electron chi connectivity index (χ2n) is 4.63. The second kappa shape index (κ2) is 5.55. The molecule has 0 aromatic heterocycles. The van der Waals surface area contributed by atoms with Crippen molar-refractivity contribution in [3.05, 3.63) is 0 Å². The van der Waals surface area contributed by atoms with Gasteiger partial charge in [-0.05, 0) is 12.8 Å². The van der Waals surface area contributed by atoms with Gasteiger partial charge in [0.25, 0.3) is 5.91 Å². The van der Waals surface area contributed by atoms with Crippen molar-refractivity contribution in [2.24, 2.45) is 0 Å². The number of nitrogens with zero attached hydrogens (tertiary/aromatic N) is 2. The third-order valence-corrected chi connectivity index (χ3v) is 3.60. The molecule has 2 rings (SSSR count). The molecular formula is C9H14N4O7S. The summed E-state index contributed by atoms with van der Waals surface area (Å²) in [6, 6.07) is -2.13. The van der Waals surface area contributed by atoms with Gasteiger partial charge in [-0.15, -0.1) is 4.28 Å². The van der Waals surface area contributed by atoms with Gasteiger partial charge in [-0.2, -0.15) is 13.5 Å². The van der Waals surface area contributed by atoms with E-state index in [2.05, 4.69) is 9.60 Å². The highest BCUT2D eigenvalue weighted by molar-refractivity contribution is 7.80. The van der Waals surface area contributed by atoms with E-state index in [4.69, 9.17) is 15.1 Å². The van der Waals surface area contributed by atoms with Gasteiger partial charge in [0.2, 0.25) is 0 Å². The van der Waals surface area contributed by atoms with Gasteiger partial charge in [-0.3, -0.25) is 14.8 Å². The number of nitrogens with one attached hydrogen (secondary N) is 2. The van der Waals surface area contributed by atoms with Gasteiger partial charge in [0.1, 0.15) is 12.4 Å². The molecule has 2 aliphatic heterocycles. The molecule has 2 aliphatic rings. The molecule has 21 heavy (non-hydrogen) atoms. The van der Waals surface area contributed by atoms with Crippen molar-refractivity contribution in [3.8, 4) is 0 Å². The van der Waals surface area contributed by atoms with E-state index < -0.39 is 41.0 Å². The molecule has 0 radical (unpaired) electrons. The molecule has 2 heterocycles. The Hall–Kier alpha value is -1.76. The average molecular weight is 322 g/mol.